The molecule has 0 atom stereocenters. The number of hydrogen-bond acceptors (Lipinski definition) is 4. The van der Waals surface area contributed by atoms with E-state index in [9.17, 15) is 0 Å². The molecule has 0 bridgehead atoms. The predicted molar refractivity (Wildman–Crippen MR) is 131 cm³/mol. The Balaban J connectivity index is 1.34. The van der Waals surface area contributed by atoms with E-state index in [-0.39, 0.29) is 5.41 Å². The zero-order chi connectivity index (χ0) is 22.3. The number of nitrogens with one attached hydrogen (secondary N) is 2. The van der Waals surface area contributed by atoms with Crippen molar-refractivity contribution in [1.29, 1.82) is 0 Å². The number of rotatable bonds is 4. The largest absolute Gasteiger partial charge is 0.367 e. The van der Waals surface area contributed by atoms with Crippen LogP contribution in [0.1, 0.15) is 37.7 Å². The minimum atomic E-state index is 0.151. The van der Waals surface area contributed by atoms with Crippen LogP contribution in [0.3, 0.4) is 0 Å². The molecule has 0 amide bonds. The highest BCUT2D eigenvalue weighted by Crippen LogP contribution is 2.30. The van der Waals surface area contributed by atoms with Gasteiger partial charge in [-0.05, 0) is 30.0 Å². The van der Waals surface area contributed by atoms with Gasteiger partial charge in [0, 0.05) is 38.3 Å². The summed E-state index contributed by atoms with van der Waals surface area (Å²) in [5.74, 6) is 0.932. The van der Waals surface area contributed by atoms with E-state index in [1.165, 1.54) is 16.9 Å². The highest BCUT2D eigenvalue weighted by Gasteiger charge is 2.21. The molecule has 1 fully saturated rings. The summed E-state index contributed by atoms with van der Waals surface area (Å²) >= 11 is 0. The van der Waals surface area contributed by atoms with Crippen molar-refractivity contribution in [2.45, 2.75) is 39.7 Å². The van der Waals surface area contributed by atoms with E-state index >= 15 is 0 Å². The molecule has 0 radical (unpaired) electrons. The summed E-state index contributed by atoms with van der Waals surface area (Å²) in [4.78, 5) is 21.1. The maximum Gasteiger partial charge on any atom is 0.138 e. The van der Waals surface area contributed by atoms with Crippen LogP contribution in [-0.2, 0) is 12.0 Å². The van der Waals surface area contributed by atoms with E-state index in [4.69, 9.17) is 4.98 Å². The van der Waals surface area contributed by atoms with Crippen LogP contribution in [0.15, 0.2) is 48.8 Å². The van der Waals surface area contributed by atoms with Gasteiger partial charge in [-0.1, -0.05) is 51.1 Å². The molecule has 32 heavy (non-hydrogen) atoms. The van der Waals surface area contributed by atoms with Gasteiger partial charge in [-0.3, -0.25) is 4.90 Å². The lowest BCUT2D eigenvalue weighted by atomic mass is 9.87. The molecule has 166 valence electrons. The second-order valence-electron chi connectivity index (χ2n) is 9.82. The second-order valence-corrected chi connectivity index (χ2v) is 9.82. The van der Waals surface area contributed by atoms with Gasteiger partial charge in [0.25, 0.3) is 0 Å². The smallest absolute Gasteiger partial charge is 0.138 e. The number of imidazole rings is 2. The fourth-order valence-corrected chi connectivity index (χ4v) is 4.46. The second kappa shape index (κ2) is 8.10. The Hall–Kier alpha value is -3.12. The molecular formula is C26H32N6. The number of nitrogens with zero attached hydrogens (tertiary/aromatic N) is 4. The van der Waals surface area contributed by atoms with E-state index in [1.54, 1.807) is 6.33 Å². The molecule has 4 aromatic rings. The summed E-state index contributed by atoms with van der Waals surface area (Å²) in [7, 11) is 0. The molecule has 0 unspecified atom stereocenters. The fraction of sp³-hybridized carbons (Fsp3) is 0.385. The number of hydrogen-bond donors (Lipinski definition) is 2. The number of aryl methyl sites for hydroxylation is 1. The Labute approximate surface area is 189 Å². The maximum absolute atomic E-state index is 5.02. The first kappa shape index (κ1) is 20.8. The first-order valence-corrected chi connectivity index (χ1v) is 11.4. The average Bonchev–Trinajstić information content (AvgIpc) is 3.40. The van der Waals surface area contributed by atoms with E-state index in [2.05, 4.69) is 94.9 Å². The van der Waals surface area contributed by atoms with Crippen molar-refractivity contribution in [3.05, 3.63) is 65.7 Å². The number of aromatic nitrogens is 4. The average molecular weight is 429 g/mol. The summed E-state index contributed by atoms with van der Waals surface area (Å²) in [5, 5.41) is 0. The molecular weight excluding hydrogens is 396 g/mol. The summed E-state index contributed by atoms with van der Waals surface area (Å²) < 4.78 is 0. The molecule has 1 saturated heterocycles. The molecule has 0 saturated carbocycles. The SMILES string of the molecule is Cc1nc[nH]c1CN1CCN(c2cccc3[nH]c(-c4ccc(C(C)(C)C)cc4)nc23)CC1. The maximum atomic E-state index is 5.02. The van der Waals surface area contributed by atoms with E-state index in [0.717, 1.165) is 60.8 Å². The van der Waals surface area contributed by atoms with Gasteiger partial charge in [0.1, 0.15) is 11.3 Å². The van der Waals surface area contributed by atoms with E-state index in [0.29, 0.717) is 0 Å². The Morgan fingerprint density at radius 1 is 0.969 bits per heavy atom. The molecule has 5 rings (SSSR count). The van der Waals surface area contributed by atoms with Crippen molar-refractivity contribution in [3.63, 3.8) is 0 Å². The number of benzene rings is 2. The molecule has 2 aromatic carbocycles. The van der Waals surface area contributed by atoms with Gasteiger partial charge in [-0.15, -0.1) is 0 Å². The van der Waals surface area contributed by atoms with Gasteiger partial charge in [-0.2, -0.15) is 0 Å². The van der Waals surface area contributed by atoms with Gasteiger partial charge in [0.15, 0.2) is 0 Å². The number of piperazine rings is 1. The summed E-state index contributed by atoms with van der Waals surface area (Å²) in [6.07, 6.45) is 1.79. The molecule has 0 aliphatic carbocycles. The standard InChI is InChI=1S/C26H32N6/c1-18-22(28-17-27-18)16-31-12-14-32(15-13-31)23-7-5-6-21-24(23)30-25(29-21)19-8-10-20(11-9-19)26(2,3)4/h5-11,17H,12-16H2,1-4H3,(H,27,28)(H,29,30). The van der Waals surface area contributed by atoms with Crippen molar-refractivity contribution in [3.8, 4) is 11.4 Å². The third kappa shape index (κ3) is 4.02. The number of fused-ring (bicyclic) bond motifs is 1. The molecule has 2 N–H and O–H groups in total. The molecule has 1 aliphatic heterocycles. The number of aromatic amines is 2. The summed E-state index contributed by atoms with van der Waals surface area (Å²) in [6.45, 7) is 13.8. The fourth-order valence-electron chi connectivity index (χ4n) is 4.46. The van der Waals surface area contributed by atoms with Crippen LogP contribution >= 0.6 is 0 Å². The van der Waals surface area contributed by atoms with Crippen LogP contribution in [0.25, 0.3) is 22.4 Å². The summed E-state index contributed by atoms with van der Waals surface area (Å²) in [6, 6.07) is 15.2. The number of anilines is 1. The Morgan fingerprint density at radius 3 is 2.38 bits per heavy atom. The Kier molecular flexibility index (Phi) is 5.25. The normalized spacial score (nSPS) is 15.6. The van der Waals surface area contributed by atoms with Crippen LogP contribution in [0.5, 0.6) is 0 Å². The molecule has 0 spiro atoms. The van der Waals surface area contributed by atoms with Gasteiger partial charge in [-0.25, -0.2) is 9.97 Å². The Morgan fingerprint density at radius 2 is 1.72 bits per heavy atom. The van der Waals surface area contributed by atoms with Crippen LogP contribution in [0.2, 0.25) is 0 Å². The lowest BCUT2D eigenvalue weighted by Gasteiger charge is -2.36. The molecule has 2 aromatic heterocycles. The molecule has 1 aliphatic rings. The van der Waals surface area contributed by atoms with Crippen LogP contribution in [-0.4, -0.2) is 51.0 Å². The van der Waals surface area contributed by atoms with Gasteiger partial charge in [0.2, 0.25) is 0 Å². The summed E-state index contributed by atoms with van der Waals surface area (Å²) in [5.41, 5.74) is 8.28. The first-order chi connectivity index (χ1) is 15.4. The van der Waals surface area contributed by atoms with E-state index in [1.807, 2.05) is 0 Å². The van der Waals surface area contributed by atoms with Crippen LogP contribution in [0.4, 0.5) is 5.69 Å². The van der Waals surface area contributed by atoms with Crippen molar-refractivity contribution in [2.75, 3.05) is 31.1 Å². The topological polar surface area (TPSA) is 63.8 Å². The first-order valence-electron chi connectivity index (χ1n) is 11.4. The zero-order valence-electron chi connectivity index (χ0n) is 19.4. The number of H-pyrrole nitrogens is 2. The van der Waals surface area contributed by atoms with Crippen molar-refractivity contribution in [2.24, 2.45) is 0 Å². The monoisotopic (exact) mass is 428 g/mol. The third-order valence-electron chi connectivity index (χ3n) is 6.54. The zero-order valence-corrected chi connectivity index (χ0v) is 19.4. The Bertz CT molecular complexity index is 1200. The van der Waals surface area contributed by atoms with E-state index < -0.39 is 0 Å². The lowest BCUT2D eigenvalue weighted by molar-refractivity contribution is 0.247. The van der Waals surface area contributed by atoms with Crippen molar-refractivity contribution >= 4 is 16.7 Å². The van der Waals surface area contributed by atoms with Crippen LogP contribution < -0.4 is 4.90 Å². The van der Waals surface area contributed by atoms with Crippen molar-refractivity contribution < 1.29 is 0 Å². The highest BCUT2D eigenvalue weighted by molar-refractivity contribution is 5.91. The molecule has 6 heteroatoms. The van der Waals surface area contributed by atoms with Crippen molar-refractivity contribution in [1.82, 2.24) is 24.8 Å². The molecule has 3 heterocycles. The van der Waals surface area contributed by atoms with Crippen LogP contribution in [0, 0.1) is 6.92 Å². The lowest BCUT2D eigenvalue weighted by Crippen LogP contribution is -2.46. The predicted octanol–water partition coefficient (Wildman–Crippen LogP) is 4.88. The molecule has 6 nitrogen and oxygen atoms in total. The minimum absolute atomic E-state index is 0.151. The number of para-hydroxylation sites is 1. The van der Waals surface area contributed by atoms with Gasteiger partial charge < -0.3 is 14.9 Å². The quantitative estimate of drug-likeness (QED) is 0.486. The highest BCUT2D eigenvalue weighted by atomic mass is 15.3. The third-order valence-corrected chi connectivity index (χ3v) is 6.54. The van der Waals surface area contributed by atoms with Gasteiger partial charge >= 0.3 is 0 Å². The van der Waals surface area contributed by atoms with Gasteiger partial charge in [0.05, 0.1) is 28.9 Å². The minimum Gasteiger partial charge on any atom is -0.367 e.